The molecule has 1 aliphatic rings. The maximum absolute atomic E-state index is 11.8. The summed E-state index contributed by atoms with van der Waals surface area (Å²) in [5.74, 6) is -1.55. The van der Waals surface area contributed by atoms with Crippen LogP contribution < -0.4 is 0 Å². The quantitative estimate of drug-likeness (QED) is 0.490. The normalized spacial score (nSPS) is 25.3. The standard InChI is InChI=1S/C7H4F3/c8-7(9,10)6-4-2-1-3-5-6/h2-4,6H. The average Bonchev–Trinajstić information content (AvgIpc) is 1.88. The van der Waals surface area contributed by atoms with Crippen LogP contribution in [0.2, 0.25) is 0 Å². The zero-order valence-electron chi connectivity index (χ0n) is 4.94. The van der Waals surface area contributed by atoms with E-state index < -0.39 is 12.1 Å². The predicted molar refractivity (Wildman–Crippen MR) is 29.7 cm³/mol. The van der Waals surface area contributed by atoms with Crippen molar-refractivity contribution in [3.8, 4) is 0 Å². The first-order chi connectivity index (χ1) is 4.61. The number of hydrogen-bond donors (Lipinski definition) is 0. The third-order valence-corrected chi connectivity index (χ3v) is 1.08. The van der Waals surface area contributed by atoms with Crippen molar-refractivity contribution in [2.75, 3.05) is 0 Å². The summed E-state index contributed by atoms with van der Waals surface area (Å²) in [6.45, 7) is 0. The van der Waals surface area contributed by atoms with Gasteiger partial charge in [0.05, 0.1) is 5.92 Å². The molecule has 0 aromatic carbocycles. The van der Waals surface area contributed by atoms with E-state index in [9.17, 15) is 13.2 Å². The van der Waals surface area contributed by atoms with Gasteiger partial charge >= 0.3 is 6.18 Å². The highest BCUT2D eigenvalue weighted by Gasteiger charge is 2.37. The van der Waals surface area contributed by atoms with Crippen LogP contribution in [0, 0.1) is 18.4 Å². The highest BCUT2D eigenvalue weighted by atomic mass is 19.4. The molecule has 53 valence electrons. The maximum atomic E-state index is 11.8. The highest BCUT2D eigenvalue weighted by Crippen LogP contribution is 2.30. The molecule has 3 heteroatoms. The van der Waals surface area contributed by atoms with Gasteiger partial charge in [0, 0.05) is 6.42 Å². The fourth-order valence-electron chi connectivity index (χ4n) is 0.597. The second-order valence-corrected chi connectivity index (χ2v) is 1.86. The number of halogens is 3. The van der Waals surface area contributed by atoms with E-state index in [-0.39, 0.29) is 0 Å². The topological polar surface area (TPSA) is 0 Å². The number of rotatable bonds is 0. The summed E-state index contributed by atoms with van der Waals surface area (Å²) in [6, 6.07) is 0. The van der Waals surface area contributed by atoms with Crippen molar-refractivity contribution in [2.24, 2.45) is 5.92 Å². The Bertz CT molecular complexity index is 164. The van der Waals surface area contributed by atoms with Gasteiger partial charge in [0.25, 0.3) is 0 Å². The molecule has 0 saturated carbocycles. The minimum absolute atomic E-state index is 1.01. The fourth-order valence-corrected chi connectivity index (χ4v) is 0.597. The molecular formula is C7H4F3. The van der Waals surface area contributed by atoms with Crippen molar-refractivity contribution in [1.82, 2.24) is 0 Å². The van der Waals surface area contributed by atoms with Crippen molar-refractivity contribution < 1.29 is 13.2 Å². The first-order valence-electron chi connectivity index (χ1n) is 2.68. The van der Waals surface area contributed by atoms with Gasteiger partial charge in [0.2, 0.25) is 0 Å². The van der Waals surface area contributed by atoms with E-state index in [0.717, 1.165) is 12.2 Å². The lowest BCUT2D eigenvalue weighted by molar-refractivity contribution is -0.151. The minimum atomic E-state index is -4.20. The number of allylic oxidation sites excluding steroid dienone is 4. The molecule has 0 aromatic heterocycles. The van der Waals surface area contributed by atoms with Crippen LogP contribution in [0.1, 0.15) is 0 Å². The zero-order chi connectivity index (χ0) is 7.61. The molecule has 3 radical (unpaired) electrons. The Hall–Kier alpha value is -0.730. The van der Waals surface area contributed by atoms with Gasteiger partial charge in [0.1, 0.15) is 0 Å². The van der Waals surface area contributed by atoms with E-state index in [1.165, 1.54) is 6.08 Å². The molecule has 0 heterocycles. The molecule has 1 aliphatic carbocycles. The van der Waals surface area contributed by atoms with E-state index in [0.29, 0.717) is 0 Å². The van der Waals surface area contributed by atoms with Crippen molar-refractivity contribution in [3.05, 3.63) is 30.7 Å². The van der Waals surface area contributed by atoms with E-state index in [1.54, 1.807) is 0 Å². The molecule has 0 aromatic rings. The molecule has 0 fully saturated rings. The number of hydrogen-bond acceptors (Lipinski definition) is 0. The third-order valence-electron chi connectivity index (χ3n) is 1.08. The first kappa shape index (κ1) is 7.38. The van der Waals surface area contributed by atoms with E-state index >= 15 is 0 Å². The minimum Gasteiger partial charge on any atom is -0.170 e. The van der Waals surface area contributed by atoms with E-state index in [4.69, 9.17) is 0 Å². The van der Waals surface area contributed by atoms with E-state index in [2.05, 4.69) is 12.5 Å². The Labute approximate surface area is 57.0 Å². The third kappa shape index (κ3) is 1.62. The Morgan fingerprint density at radius 1 is 1.30 bits per heavy atom. The van der Waals surface area contributed by atoms with Crippen molar-refractivity contribution >= 4 is 0 Å². The van der Waals surface area contributed by atoms with Crippen LogP contribution in [0.3, 0.4) is 0 Å². The smallest absolute Gasteiger partial charge is 0.170 e. The summed E-state index contributed by atoms with van der Waals surface area (Å²) in [7, 11) is 0. The SMILES string of the molecule is FC(F)(F)C1[C]C=[C]C=C1. The van der Waals surface area contributed by atoms with Gasteiger partial charge in [-0.15, -0.1) is 0 Å². The van der Waals surface area contributed by atoms with Crippen molar-refractivity contribution in [2.45, 2.75) is 6.18 Å². The van der Waals surface area contributed by atoms with Gasteiger partial charge in [-0.3, -0.25) is 0 Å². The molecule has 0 amide bonds. The van der Waals surface area contributed by atoms with Gasteiger partial charge < -0.3 is 0 Å². The van der Waals surface area contributed by atoms with Crippen LogP contribution in [0.5, 0.6) is 0 Å². The van der Waals surface area contributed by atoms with E-state index in [1.807, 2.05) is 0 Å². The molecule has 1 unspecified atom stereocenters. The Balaban J connectivity index is 2.60. The molecule has 0 nitrogen and oxygen atoms in total. The van der Waals surface area contributed by atoms with Crippen molar-refractivity contribution in [3.63, 3.8) is 0 Å². The highest BCUT2D eigenvalue weighted by molar-refractivity contribution is 5.16. The van der Waals surface area contributed by atoms with Crippen molar-refractivity contribution in [1.29, 1.82) is 0 Å². The monoisotopic (exact) mass is 145 g/mol. The molecule has 0 saturated heterocycles. The summed E-state index contributed by atoms with van der Waals surface area (Å²) in [5.41, 5.74) is 0. The van der Waals surface area contributed by atoms with Crippen LogP contribution in [-0.4, -0.2) is 6.18 Å². The summed E-state index contributed by atoms with van der Waals surface area (Å²) in [5, 5.41) is 0. The fraction of sp³-hybridized carbons (Fsp3) is 0.286. The summed E-state index contributed by atoms with van der Waals surface area (Å²) >= 11 is 0. The summed E-state index contributed by atoms with van der Waals surface area (Å²) in [4.78, 5) is 0. The van der Waals surface area contributed by atoms with Crippen LogP contribution >= 0.6 is 0 Å². The lowest BCUT2D eigenvalue weighted by Crippen LogP contribution is -2.21. The Kier molecular flexibility index (Phi) is 1.83. The molecule has 10 heavy (non-hydrogen) atoms. The van der Waals surface area contributed by atoms with Crippen LogP contribution in [0.25, 0.3) is 0 Å². The Morgan fingerprint density at radius 2 is 2.00 bits per heavy atom. The van der Waals surface area contributed by atoms with Crippen LogP contribution in [0.15, 0.2) is 18.2 Å². The molecule has 0 spiro atoms. The van der Waals surface area contributed by atoms with Gasteiger partial charge in [-0.25, -0.2) is 0 Å². The van der Waals surface area contributed by atoms with Gasteiger partial charge in [-0.2, -0.15) is 13.2 Å². The first-order valence-corrected chi connectivity index (χ1v) is 2.68. The number of alkyl halides is 3. The molecule has 1 atom stereocenters. The van der Waals surface area contributed by atoms with Gasteiger partial charge in [-0.1, -0.05) is 18.2 Å². The largest absolute Gasteiger partial charge is 0.396 e. The predicted octanol–water partition coefficient (Wildman–Crippen LogP) is 2.18. The molecular weight excluding hydrogens is 141 g/mol. The lowest BCUT2D eigenvalue weighted by Gasteiger charge is -2.14. The summed E-state index contributed by atoms with van der Waals surface area (Å²) in [6.07, 6.45) is 3.79. The lowest BCUT2D eigenvalue weighted by atomic mass is 10.0. The molecule has 0 aliphatic heterocycles. The summed E-state index contributed by atoms with van der Waals surface area (Å²) < 4.78 is 35.3. The zero-order valence-corrected chi connectivity index (χ0v) is 4.94. The van der Waals surface area contributed by atoms with Crippen LogP contribution in [-0.2, 0) is 0 Å². The molecule has 0 bridgehead atoms. The maximum Gasteiger partial charge on any atom is 0.396 e. The molecule has 0 N–H and O–H groups in total. The molecule has 1 rings (SSSR count). The Morgan fingerprint density at radius 3 is 2.30 bits per heavy atom. The van der Waals surface area contributed by atoms with Crippen LogP contribution in [0.4, 0.5) is 13.2 Å². The average molecular weight is 145 g/mol. The second-order valence-electron chi connectivity index (χ2n) is 1.86. The second kappa shape index (κ2) is 2.48. The van der Waals surface area contributed by atoms with Gasteiger partial charge in [0.15, 0.2) is 0 Å². The van der Waals surface area contributed by atoms with Gasteiger partial charge in [-0.05, 0) is 6.08 Å².